The van der Waals surface area contributed by atoms with Crippen molar-refractivity contribution in [3.8, 4) is 0 Å². The molecule has 1 aromatic heterocycles. The van der Waals surface area contributed by atoms with Crippen molar-refractivity contribution in [2.75, 3.05) is 39.8 Å². The van der Waals surface area contributed by atoms with E-state index in [0.717, 1.165) is 38.9 Å². The molecule has 0 spiro atoms. The van der Waals surface area contributed by atoms with Gasteiger partial charge in [0, 0.05) is 49.3 Å². The van der Waals surface area contributed by atoms with Gasteiger partial charge in [0.25, 0.3) is 0 Å². The van der Waals surface area contributed by atoms with Crippen LogP contribution in [0.3, 0.4) is 0 Å². The Labute approximate surface area is 208 Å². The molecule has 0 unspecified atom stereocenters. The Hall–Kier alpha value is -2.19. The molecule has 35 heavy (non-hydrogen) atoms. The van der Waals surface area contributed by atoms with Gasteiger partial charge in [-0.3, -0.25) is 15.1 Å². The third-order valence-corrected chi connectivity index (χ3v) is 8.59. The second kappa shape index (κ2) is 10.8. The lowest BCUT2D eigenvalue weighted by Gasteiger charge is -2.50. The van der Waals surface area contributed by atoms with E-state index in [-0.39, 0.29) is 17.8 Å². The Balaban J connectivity index is 0.000000239. The molecule has 2 saturated heterocycles. The fourth-order valence-corrected chi connectivity index (χ4v) is 6.87. The smallest absolute Gasteiger partial charge is 0.311 e. The van der Waals surface area contributed by atoms with Crippen LogP contribution in [0, 0.1) is 17.8 Å². The van der Waals surface area contributed by atoms with Crippen LogP contribution >= 0.6 is 0 Å². The third kappa shape index (κ3) is 4.92. The number of aliphatic hydroxyl groups excluding tert-OH is 1. The van der Waals surface area contributed by atoms with Crippen molar-refractivity contribution in [3.05, 3.63) is 48.2 Å². The Bertz CT molecular complexity index is 1030. The number of rotatable bonds is 4. The summed E-state index contributed by atoms with van der Waals surface area (Å²) in [6.07, 6.45) is 7.70. The first-order chi connectivity index (χ1) is 17.1. The first-order valence-electron chi connectivity index (χ1n) is 13.3. The maximum atomic E-state index is 12.4. The van der Waals surface area contributed by atoms with E-state index in [0.29, 0.717) is 18.4 Å². The quantitative estimate of drug-likeness (QED) is 0.460. The number of aromatic nitrogens is 1. The number of benzene rings is 1. The number of aliphatic hydroxyl groups is 1. The molecular formula is C28H40N4O3. The van der Waals surface area contributed by atoms with E-state index in [9.17, 15) is 9.90 Å². The van der Waals surface area contributed by atoms with Crippen LogP contribution in [0.25, 0.3) is 10.9 Å². The van der Waals surface area contributed by atoms with Gasteiger partial charge in [0.15, 0.2) is 0 Å². The van der Waals surface area contributed by atoms with Crippen LogP contribution in [0.15, 0.2) is 36.9 Å². The molecule has 2 aromatic rings. The van der Waals surface area contributed by atoms with E-state index in [1.807, 2.05) is 6.08 Å². The molecule has 3 aliphatic heterocycles. The van der Waals surface area contributed by atoms with E-state index in [4.69, 9.17) is 4.74 Å². The highest BCUT2D eigenvalue weighted by atomic mass is 16.5. The number of esters is 1. The van der Waals surface area contributed by atoms with E-state index < -0.39 is 6.10 Å². The van der Waals surface area contributed by atoms with Crippen molar-refractivity contribution < 1.29 is 14.6 Å². The van der Waals surface area contributed by atoms with Gasteiger partial charge in [-0.15, -0.1) is 6.58 Å². The normalized spacial score (nSPS) is 30.5. The van der Waals surface area contributed by atoms with E-state index in [1.165, 1.54) is 55.2 Å². The summed E-state index contributed by atoms with van der Waals surface area (Å²) in [5.41, 5.74) is 7.21. The number of hydrogen-bond donors (Lipinski definition) is 3. The number of methoxy groups -OCH3 is 1. The molecular weight excluding hydrogens is 440 g/mol. The van der Waals surface area contributed by atoms with Crippen LogP contribution in [0.4, 0.5) is 0 Å². The van der Waals surface area contributed by atoms with Gasteiger partial charge in [-0.25, -0.2) is 5.01 Å². The highest BCUT2D eigenvalue weighted by molar-refractivity contribution is 5.85. The van der Waals surface area contributed by atoms with Crippen molar-refractivity contribution in [3.63, 3.8) is 0 Å². The number of H-pyrrole nitrogens is 1. The van der Waals surface area contributed by atoms with Gasteiger partial charge in [0.1, 0.15) is 0 Å². The minimum atomic E-state index is -0.568. The molecule has 7 heteroatoms. The van der Waals surface area contributed by atoms with Gasteiger partial charge in [0.05, 0.1) is 25.2 Å². The van der Waals surface area contributed by atoms with Crippen molar-refractivity contribution in [1.82, 2.24) is 20.3 Å². The Kier molecular flexibility index (Phi) is 7.58. The SMILES string of the molecule is C=CCNN1CCCC1.COC(=O)[C@@H]1[C@H]2C[C@H]3c4[nH]c5ccccc5c4CCN3C[C@@H]2CC[C@@H]1O. The zero-order valence-electron chi connectivity index (χ0n) is 20.9. The number of carbonyl (C=O) groups is 1. The topological polar surface area (TPSA) is 80.8 Å². The minimum absolute atomic E-state index is 0.199. The van der Waals surface area contributed by atoms with Gasteiger partial charge in [-0.2, -0.15) is 0 Å². The predicted molar refractivity (Wildman–Crippen MR) is 138 cm³/mol. The molecule has 1 saturated carbocycles. The lowest BCUT2D eigenvalue weighted by Crippen LogP contribution is -2.53. The summed E-state index contributed by atoms with van der Waals surface area (Å²) in [6, 6.07) is 8.83. The summed E-state index contributed by atoms with van der Waals surface area (Å²) < 4.78 is 5.04. The molecule has 6 rings (SSSR count). The highest BCUT2D eigenvalue weighted by Gasteiger charge is 2.49. The van der Waals surface area contributed by atoms with E-state index in [1.54, 1.807) is 0 Å². The number of aromatic amines is 1. The monoisotopic (exact) mass is 480 g/mol. The second-order valence-electron chi connectivity index (χ2n) is 10.5. The van der Waals surface area contributed by atoms with Gasteiger partial charge < -0.3 is 14.8 Å². The van der Waals surface area contributed by atoms with E-state index >= 15 is 0 Å². The van der Waals surface area contributed by atoms with Crippen LogP contribution < -0.4 is 5.43 Å². The lowest BCUT2D eigenvalue weighted by atomic mass is 9.65. The Morgan fingerprint density at radius 2 is 2.06 bits per heavy atom. The number of hydrazine groups is 1. The molecule has 0 bridgehead atoms. The summed E-state index contributed by atoms with van der Waals surface area (Å²) in [4.78, 5) is 18.6. The standard InChI is InChI=1S/C21H26N2O3.C7H14N2/c1-26-21(25)19-15-10-17-20-14(13-4-2-3-5-16(13)22-20)8-9-23(17)11-12(15)6-7-18(19)24;1-2-5-8-9-6-3-4-7-9/h2-5,12,15,17-19,22,24H,6-11H2,1H3;2,8H,1,3-7H2/t12-,15-,17-,18-,19+;/m0./s1. The van der Waals surface area contributed by atoms with Gasteiger partial charge in [-0.05, 0) is 62.0 Å². The minimum Gasteiger partial charge on any atom is -0.469 e. The predicted octanol–water partition coefficient (Wildman–Crippen LogP) is 3.42. The maximum Gasteiger partial charge on any atom is 0.311 e. The van der Waals surface area contributed by atoms with Gasteiger partial charge in [-0.1, -0.05) is 24.3 Å². The number of nitrogens with zero attached hydrogens (tertiary/aromatic N) is 2. The fourth-order valence-electron chi connectivity index (χ4n) is 6.87. The second-order valence-corrected chi connectivity index (χ2v) is 10.5. The van der Waals surface area contributed by atoms with Crippen molar-refractivity contribution in [1.29, 1.82) is 0 Å². The number of para-hydroxylation sites is 1. The molecule has 3 fully saturated rings. The molecule has 4 aliphatic rings. The Morgan fingerprint density at radius 1 is 1.26 bits per heavy atom. The number of ether oxygens (including phenoxy) is 1. The van der Waals surface area contributed by atoms with Gasteiger partial charge in [0.2, 0.25) is 0 Å². The van der Waals surface area contributed by atoms with Crippen molar-refractivity contribution in [2.45, 2.75) is 50.7 Å². The summed E-state index contributed by atoms with van der Waals surface area (Å²) in [6.45, 7) is 9.04. The zero-order chi connectivity index (χ0) is 24.4. The number of nitrogens with one attached hydrogen (secondary N) is 2. The first-order valence-corrected chi connectivity index (χ1v) is 13.3. The number of piperidine rings is 1. The Morgan fingerprint density at radius 3 is 2.83 bits per heavy atom. The maximum absolute atomic E-state index is 12.4. The molecule has 3 N–H and O–H groups in total. The molecule has 1 aliphatic carbocycles. The van der Waals surface area contributed by atoms with Crippen molar-refractivity contribution >= 4 is 16.9 Å². The molecule has 0 amide bonds. The van der Waals surface area contributed by atoms with Crippen LogP contribution in [0.2, 0.25) is 0 Å². The zero-order valence-corrected chi connectivity index (χ0v) is 20.9. The summed E-state index contributed by atoms with van der Waals surface area (Å²) >= 11 is 0. The molecule has 0 radical (unpaired) electrons. The lowest BCUT2D eigenvalue weighted by molar-refractivity contribution is -0.160. The molecule has 1 aromatic carbocycles. The van der Waals surface area contributed by atoms with Crippen LogP contribution in [-0.4, -0.2) is 71.9 Å². The van der Waals surface area contributed by atoms with Crippen LogP contribution in [-0.2, 0) is 16.0 Å². The fraction of sp³-hybridized carbons (Fsp3) is 0.607. The number of fused-ring (bicyclic) bond motifs is 6. The van der Waals surface area contributed by atoms with Gasteiger partial charge >= 0.3 is 5.97 Å². The third-order valence-electron chi connectivity index (χ3n) is 8.59. The molecule has 190 valence electrons. The number of hydrogen-bond acceptors (Lipinski definition) is 6. The highest BCUT2D eigenvalue weighted by Crippen LogP contribution is 2.49. The van der Waals surface area contributed by atoms with Crippen LogP contribution in [0.5, 0.6) is 0 Å². The summed E-state index contributed by atoms with van der Waals surface area (Å²) in [5, 5.41) is 14.1. The summed E-state index contributed by atoms with van der Waals surface area (Å²) in [7, 11) is 1.43. The van der Waals surface area contributed by atoms with Crippen molar-refractivity contribution in [2.24, 2.45) is 17.8 Å². The average molecular weight is 481 g/mol. The average Bonchev–Trinajstić information content (AvgIpc) is 3.54. The largest absolute Gasteiger partial charge is 0.469 e. The first kappa shape index (κ1) is 24.5. The van der Waals surface area contributed by atoms with Crippen LogP contribution in [0.1, 0.15) is 49.4 Å². The summed E-state index contributed by atoms with van der Waals surface area (Å²) in [5.74, 6) is 0.0541. The van der Waals surface area contributed by atoms with E-state index in [2.05, 4.69) is 51.2 Å². The molecule has 7 nitrogen and oxygen atoms in total. The number of carbonyl (C=O) groups excluding carboxylic acids is 1. The molecule has 5 atom stereocenters. The molecule has 4 heterocycles.